The molecule has 14 heavy (non-hydrogen) atoms. The minimum absolute atomic E-state index is 0.0890. The molecule has 0 aliphatic carbocycles. The van der Waals surface area contributed by atoms with E-state index in [0.29, 0.717) is 13.0 Å². The van der Waals surface area contributed by atoms with Crippen LogP contribution in [-0.2, 0) is 11.2 Å². The zero-order valence-electron chi connectivity index (χ0n) is 8.17. The van der Waals surface area contributed by atoms with Crippen LogP contribution < -0.4 is 10.1 Å². The standard InChI is InChI=1S/C11H13NO2/c1-2-14-9-5-3-8-4-6-11(13)12-10(8)7-9/h3,5,7H,2,4,6H2,1H3,(H,12,13). The number of amides is 1. The van der Waals surface area contributed by atoms with Crippen LogP contribution in [0.15, 0.2) is 18.2 Å². The lowest BCUT2D eigenvalue weighted by molar-refractivity contribution is -0.116. The van der Waals surface area contributed by atoms with Crippen molar-refractivity contribution >= 4 is 11.6 Å². The molecule has 0 spiro atoms. The summed E-state index contributed by atoms with van der Waals surface area (Å²) in [5, 5.41) is 2.84. The SMILES string of the molecule is CCOc1ccc2c(c1)NC(=O)CC2. The lowest BCUT2D eigenvalue weighted by Gasteiger charge is -2.17. The van der Waals surface area contributed by atoms with E-state index < -0.39 is 0 Å². The molecule has 3 heteroatoms. The van der Waals surface area contributed by atoms with E-state index in [1.807, 2.05) is 25.1 Å². The second kappa shape index (κ2) is 3.70. The topological polar surface area (TPSA) is 38.3 Å². The third kappa shape index (κ3) is 1.71. The minimum Gasteiger partial charge on any atom is -0.494 e. The molecule has 0 radical (unpaired) electrons. The Morgan fingerprint density at radius 2 is 2.29 bits per heavy atom. The minimum atomic E-state index is 0.0890. The zero-order chi connectivity index (χ0) is 9.97. The summed E-state index contributed by atoms with van der Waals surface area (Å²) in [5.41, 5.74) is 2.08. The molecule has 1 aliphatic rings. The average Bonchev–Trinajstić information content (AvgIpc) is 2.17. The van der Waals surface area contributed by atoms with Crippen molar-refractivity contribution in [2.45, 2.75) is 19.8 Å². The summed E-state index contributed by atoms with van der Waals surface area (Å²) in [7, 11) is 0. The summed E-state index contributed by atoms with van der Waals surface area (Å²) in [6.45, 7) is 2.59. The molecule has 0 atom stereocenters. The van der Waals surface area contributed by atoms with Crippen LogP contribution in [0.1, 0.15) is 18.9 Å². The number of hydrogen-bond acceptors (Lipinski definition) is 2. The fraction of sp³-hybridized carbons (Fsp3) is 0.364. The van der Waals surface area contributed by atoms with E-state index in [9.17, 15) is 4.79 Å². The first-order chi connectivity index (χ1) is 6.79. The van der Waals surface area contributed by atoms with Gasteiger partial charge in [-0.25, -0.2) is 0 Å². The molecule has 74 valence electrons. The molecule has 1 amide bonds. The first-order valence-electron chi connectivity index (χ1n) is 4.85. The normalized spacial score (nSPS) is 14.5. The van der Waals surface area contributed by atoms with Gasteiger partial charge in [-0.1, -0.05) is 6.07 Å². The molecule has 1 N–H and O–H groups in total. The van der Waals surface area contributed by atoms with Crippen molar-refractivity contribution < 1.29 is 9.53 Å². The van der Waals surface area contributed by atoms with Crippen molar-refractivity contribution in [3.05, 3.63) is 23.8 Å². The van der Waals surface area contributed by atoms with Gasteiger partial charge in [-0.2, -0.15) is 0 Å². The number of rotatable bonds is 2. The highest BCUT2D eigenvalue weighted by molar-refractivity contribution is 5.94. The molecule has 1 heterocycles. The molecule has 0 fully saturated rings. The first-order valence-corrected chi connectivity index (χ1v) is 4.85. The maximum Gasteiger partial charge on any atom is 0.224 e. The van der Waals surface area contributed by atoms with Crippen molar-refractivity contribution in [3.63, 3.8) is 0 Å². The van der Waals surface area contributed by atoms with Gasteiger partial charge in [0.1, 0.15) is 5.75 Å². The third-order valence-corrected chi connectivity index (χ3v) is 2.29. The second-order valence-electron chi connectivity index (χ2n) is 3.30. The Bertz CT molecular complexity index is 360. The molecule has 2 rings (SSSR count). The highest BCUT2D eigenvalue weighted by atomic mass is 16.5. The van der Waals surface area contributed by atoms with Crippen LogP contribution in [0.25, 0.3) is 0 Å². The number of ether oxygens (including phenoxy) is 1. The molecule has 1 aromatic carbocycles. The van der Waals surface area contributed by atoms with Crippen LogP contribution >= 0.6 is 0 Å². The summed E-state index contributed by atoms with van der Waals surface area (Å²) < 4.78 is 5.36. The second-order valence-corrected chi connectivity index (χ2v) is 3.30. The zero-order valence-corrected chi connectivity index (χ0v) is 8.17. The highest BCUT2D eigenvalue weighted by Crippen LogP contribution is 2.26. The Labute approximate surface area is 83.1 Å². The van der Waals surface area contributed by atoms with E-state index in [1.165, 1.54) is 5.56 Å². The van der Waals surface area contributed by atoms with E-state index in [0.717, 1.165) is 17.9 Å². The number of aryl methyl sites for hydroxylation is 1. The number of carbonyl (C=O) groups excluding carboxylic acids is 1. The first kappa shape index (κ1) is 9.06. The van der Waals surface area contributed by atoms with Gasteiger partial charge in [0, 0.05) is 18.2 Å². The molecule has 1 aromatic rings. The molecular formula is C11H13NO2. The van der Waals surface area contributed by atoms with Gasteiger partial charge >= 0.3 is 0 Å². The maximum atomic E-state index is 11.1. The van der Waals surface area contributed by atoms with Crippen molar-refractivity contribution in [1.82, 2.24) is 0 Å². The lowest BCUT2D eigenvalue weighted by atomic mass is 10.0. The number of nitrogens with one attached hydrogen (secondary N) is 1. The Balaban J connectivity index is 2.28. The maximum absolute atomic E-state index is 11.1. The van der Waals surface area contributed by atoms with Crippen LogP contribution in [-0.4, -0.2) is 12.5 Å². The molecule has 1 aliphatic heterocycles. The van der Waals surface area contributed by atoms with E-state index in [-0.39, 0.29) is 5.91 Å². The van der Waals surface area contributed by atoms with Gasteiger partial charge in [0.05, 0.1) is 6.61 Å². The largest absolute Gasteiger partial charge is 0.494 e. The number of hydrogen-bond donors (Lipinski definition) is 1. The number of anilines is 1. The van der Waals surface area contributed by atoms with E-state index in [2.05, 4.69) is 5.32 Å². The van der Waals surface area contributed by atoms with Crippen molar-refractivity contribution in [1.29, 1.82) is 0 Å². The van der Waals surface area contributed by atoms with Gasteiger partial charge in [0.15, 0.2) is 0 Å². The molecule has 0 saturated heterocycles. The fourth-order valence-corrected chi connectivity index (χ4v) is 1.61. The Morgan fingerprint density at radius 3 is 3.07 bits per heavy atom. The predicted octanol–water partition coefficient (Wildman–Crippen LogP) is 1.97. The molecule has 0 saturated carbocycles. The molecule has 0 aromatic heterocycles. The van der Waals surface area contributed by atoms with Gasteiger partial charge in [-0.15, -0.1) is 0 Å². The highest BCUT2D eigenvalue weighted by Gasteiger charge is 2.14. The summed E-state index contributed by atoms with van der Waals surface area (Å²) in [6, 6.07) is 5.84. The summed E-state index contributed by atoms with van der Waals surface area (Å²) in [5.74, 6) is 0.902. The van der Waals surface area contributed by atoms with Gasteiger partial charge < -0.3 is 10.1 Å². The molecular weight excluding hydrogens is 178 g/mol. The summed E-state index contributed by atoms with van der Waals surface area (Å²) in [6.07, 6.45) is 1.41. The van der Waals surface area contributed by atoms with Gasteiger partial charge in [0.2, 0.25) is 5.91 Å². The van der Waals surface area contributed by atoms with Gasteiger partial charge in [-0.05, 0) is 25.0 Å². The van der Waals surface area contributed by atoms with Crippen LogP contribution in [0.3, 0.4) is 0 Å². The average molecular weight is 191 g/mol. The molecule has 0 unspecified atom stereocenters. The van der Waals surface area contributed by atoms with Crippen LogP contribution in [0, 0.1) is 0 Å². The Kier molecular flexibility index (Phi) is 2.39. The quantitative estimate of drug-likeness (QED) is 0.776. The number of carbonyl (C=O) groups is 1. The van der Waals surface area contributed by atoms with Gasteiger partial charge in [-0.3, -0.25) is 4.79 Å². The van der Waals surface area contributed by atoms with Gasteiger partial charge in [0.25, 0.3) is 0 Å². The molecule has 0 bridgehead atoms. The van der Waals surface area contributed by atoms with E-state index >= 15 is 0 Å². The van der Waals surface area contributed by atoms with Crippen molar-refractivity contribution in [3.8, 4) is 5.75 Å². The van der Waals surface area contributed by atoms with Crippen LogP contribution in [0.2, 0.25) is 0 Å². The fourth-order valence-electron chi connectivity index (χ4n) is 1.61. The van der Waals surface area contributed by atoms with Crippen LogP contribution in [0.4, 0.5) is 5.69 Å². The number of fused-ring (bicyclic) bond motifs is 1. The van der Waals surface area contributed by atoms with E-state index in [1.54, 1.807) is 0 Å². The van der Waals surface area contributed by atoms with Crippen LogP contribution in [0.5, 0.6) is 5.75 Å². The summed E-state index contributed by atoms with van der Waals surface area (Å²) >= 11 is 0. The smallest absolute Gasteiger partial charge is 0.224 e. The lowest BCUT2D eigenvalue weighted by Crippen LogP contribution is -2.18. The molecule has 3 nitrogen and oxygen atoms in total. The third-order valence-electron chi connectivity index (χ3n) is 2.29. The van der Waals surface area contributed by atoms with Crippen molar-refractivity contribution in [2.75, 3.05) is 11.9 Å². The Hall–Kier alpha value is -1.51. The van der Waals surface area contributed by atoms with Crippen molar-refractivity contribution in [2.24, 2.45) is 0 Å². The Morgan fingerprint density at radius 1 is 1.43 bits per heavy atom. The predicted molar refractivity (Wildman–Crippen MR) is 54.6 cm³/mol. The van der Waals surface area contributed by atoms with E-state index in [4.69, 9.17) is 4.74 Å². The number of benzene rings is 1. The summed E-state index contributed by atoms with van der Waals surface area (Å²) in [4.78, 5) is 11.1. The monoisotopic (exact) mass is 191 g/mol.